The van der Waals surface area contributed by atoms with Gasteiger partial charge in [-0.15, -0.1) is 0 Å². The highest BCUT2D eigenvalue weighted by atomic mass is 16.3. The molecule has 1 aromatic heterocycles. The van der Waals surface area contributed by atoms with E-state index in [1.54, 1.807) is 0 Å². The summed E-state index contributed by atoms with van der Waals surface area (Å²) >= 11 is 0. The molecule has 1 aliphatic carbocycles. The van der Waals surface area contributed by atoms with Crippen LogP contribution in [0.2, 0.25) is 0 Å². The van der Waals surface area contributed by atoms with Crippen LogP contribution in [0.15, 0.2) is 34.7 Å². The molecule has 1 fully saturated rings. The maximum absolute atomic E-state index is 12.5. The average Bonchev–Trinajstić information content (AvgIpc) is 2.92. The van der Waals surface area contributed by atoms with E-state index in [4.69, 9.17) is 4.42 Å². The molecule has 20 heavy (non-hydrogen) atoms. The molecule has 0 atom stereocenters. The summed E-state index contributed by atoms with van der Waals surface area (Å²) < 4.78 is 5.68. The van der Waals surface area contributed by atoms with Gasteiger partial charge in [-0.1, -0.05) is 37.5 Å². The number of carbonyl (C=O) groups is 1. The Kier molecular flexibility index (Phi) is 3.62. The molecule has 0 unspecified atom stereocenters. The molecule has 0 aliphatic heterocycles. The van der Waals surface area contributed by atoms with Crippen molar-refractivity contribution >= 4 is 16.8 Å². The van der Waals surface area contributed by atoms with E-state index in [-0.39, 0.29) is 11.3 Å². The number of furan rings is 1. The van der Waals surface area contributed by atoms with Crippen LogP contribution in [0, 0.1) is 0 Å². The topological polar surface area (TPSA) is 42.2 Å². The fourth-order valence-electron chi connectivity index (χ4n) is 3.26. The Balaban J connectivity index is 1.81. The van der Waals surface area contributed by atoms with Crippen molar-refractivity contribution in [2.24, 2.45) is 0 Å². The Labute approximate surface area is 119 Å². The Morgan fingerprint density at radius 3 is 2.70 bits per heavy atom. The zero-order valence-electron chi connectivity index (χ0n) is 11.9. The van der Waals surface area contributed by atoms with Crippen LogP contribution >= 0.6 is 0 Å². The fraction of sp³-hybridized carbons (Fsp3) is 0.471. The Hall–Kier alpha value is -1.61. The lowest BCUT2D eigenvalue weighted by molar-refractivity contribution is 0.0889. The van der Waals surface area contributed by atoms with Crippen molar-refractivity contribution in [2.45, 2.75) is 44.1 Å². The van der Waals surface area contributed by atoms with E-state index >= 15 is 0 Å². The standard InChI is InChI=1S/C17H21NO2/c1-18-17(9-5-2-6-10-17)12-14(19)16-11-13-7-3-4-8-15(13)20-16/h3-4,7-8,11,18H,2,5-6,9-10,12H2,1H3. The molecule has 0 amide bonds. The molecule has 1 saturated carbocycles. The minimum Gasteiger partial charge on any atom is -0.453 e. The van der Waals surface area contributed by atoms with Crippen LogP contribution in [0.3, 0.4) is 0 Å². The van der Waals surface area contributed by atoms with Crippen molar-refractivity contribution < 1.29 is 9.21 Å². The molecule has 3 heteroatoms. The minimum atomic E-state index is -0.0334. The van der Waals surface area contributed by atoms with Crippen molar-refractivity contribution in [3.05, 3.63) is 36.1 Å². The summed E-state index contributed by atoms with van der Waals surface area (Å²) in [6, 6.07) is 9.63. The summed E-state index contributed by atoms with van der Waals surface area (Å²) in [6.45, 7) is 0. The van der Waals surface area contributed by atoms with Crippen molar-refractivity contribution in [3.8, 4) is 0 Å². The highest BCUT2D eigenvalue weighted by Crippen LogP contribution is 2.32. The highest BCUT2D eigenvalue weighted by molar-refractivity contribution is 5.98. The molecule has 0 radical (unpaired) electrons. The summed E-state index contributed by atoms with van der Waals surface area (Å²) in [7, 11) is 1.97. The van der Waals surface area contributed by atoms with Crippen LogP contribution in [0.4, 0.5) is 0 Å². The molecule has 3 nitrogen and oxygen atoms in total. The van der Waals surface area contributed by atoms with Gasteiger partial charge in [-0.25, -0.2) is 0 Å². The predicted molar refractivity (Wildman–Crippen MR) is 80.0 cm³/mol. The summed E-state index contributed by atoms with van der Waals surface area (Å²) in [4.78, 5) is 12.5. The highest BCUT2D eigenvalue weighted by Gasteiger charge is 2.33. The first-order valence-electron chi connectivity index (χ1n) is 7.43. The molecule has 0 bridgehead atoms. The van der Waals surface area contributed by atoms with Crippen LogP contribution in [0.1, 0.15) is 49.1 Å². The van der Waals surface area contributed by atoms with Crippen molar-refractivity contribution in [2.75, 3.05) is 7.05 Å². The van der Waals surface area contributed by atoms with E-state index in [1.165, 1.54) is 19.3 Å². The largest absolute Gasteiger partial charge is 0.453 e. The maximum Gasteiger partial charge on any atom is 0.199 e. The lowest BCUT2D eigenvalue weighted by Crippen LogP contribution is -2.46. The van der Waals surface area contributed by atoms with Gasteiger partial charge < -0.3 is 9.73 Å². The second kappa shape index (κ2) is 5.41. The average molecular weight is 271 g/mol. The Morgan fingerprint density at radius 2 is 2.00 bits per heavy atom. The van der Waals surface area contributed by atoms with E-state index in [9.17, 15) is 4.79 Å². The van der Waals surface area contributed by atoms with Gasteiger partial charge in [0.25, 0.3) is 0 Å². The number of fused-ring (bicyclic) bond motifs is 1. The van der Waals surface area contributed by atoms with Crippen LogP contribution in [0.5, 0.6) is 0 Å². The number of nitrogens with one attached hydrogen (secondary N) is 1. The second-order valence-corrected chi connectivity index (χ2v) is 5.84. The van der Waals surface area contributed by atoms with Gasteiger partial charge in [0.15, 0.2) is 11.5 Å². The van der Waals surface area contributed by atoms with Crippen LogP contribution < -0.4 is 5.32 Å². The van der Waals surface area contributed by atoms with Gasteiger partial charge in [-0.3, -0.25) is 4.79 Å². The molecule has 0 spiro atoms. The number of Topliss-reactive ketones (excluding diaryl/α,β-unsaturated/α-hetero) is 1. The zero-order valence-corrected chi connectivity index (χ0v) is 11.9. The third-order valence-corrected chi connectivity index (χ3v) is 4.54. The summed E-state index contributed by atoms with van der Waals surface area (Å²) in [5.74, 6) is 0.601. The lowest BCUT2D eigenvalue weighted by atomic mass is 9.78. The van der Waals surface area contributed by atoms with E-state index in [1.807, 2.05) is 37.4 Å². The molecule has 1 heterocycles. The maximum atomic E-state index is 12.5. The molecule has 0 saturated heterocycles. The normalized spacial score (nSPS) is 18.2. The number of hydrogen-bond acceptors (Lipinski definition) is 3. The SMILES string of the molecule is CNC1(CC(=O)c2cc3ccccc3o2)CCCCC1. The number of carbonyl (C=O) groups excluding carboxylic acids is 1. The predicted octanol–water partition coefficient (Wildman–Crippen LogP) is 3.93. The smallest absolute Gasteiger partial charge is 0.199 e. The molecular formula is C17H21NO2. The third-order valence-electron chi connectivity index (χ3n) is 4.54. The second-order valence-electron chi connectivity index (χ2n) is 5.84. The first-order valence-corrected chi connectivity index (χ1v) is 7.43. The number of ketones is 1. The van der Waals surface area contributed by atoms with Crippen LogP contribution in [-0.4, -0.2) is 18.4 Å². The molecular weight excluding hydrogens is 250 g/mol. The number of rotatable bonds is 4. The molecule has 1 N–H and O–H groups in total. The third kappa shape index (κ3) is 2.50. The quantitative estimate of drug-likeness (QED) is 0.857. The summed E-state index contributed by atoms with van der Waals surface area (Å²) in [5, 5.41) is 4.39. The monoisotopic (exact) mass is 271 g/mol. The fourth-order valence-corrected chi connectivity index (χ4v) is 3.26. The van der Waals surface area contributed by atoms with Crippen molar-refractivity contribution in [3.63, 3.8) is 0 Å². The van der Waals surface area contributed by atoms with Crippen LogP contribution in [0.25, 0.3) is 11.0 Å². The lowest BCUT2D eigenvalue weighted by Gasteiger charge is -2.36. The minimum absolute atomic E-state index is 0.0334. The van der Waals surface area contributed by atoms with Crippen molar-refractivity contribution in [1.82, 2.24) is 5.32 Å². The first-order chi connectivity index (χ1) is 9.72. The summed E-state index contributed by atoms with van der Waals surface area (Å²) in [5.41, 5.74) is 0.756. The number of hydrogen-bond donors (Lipinski definition) is 1. The van der Waals surface area contributed by atoms with Crippen LogP contribution in [-0.2, 0) is 0 Å². The van der Waals surface area contributed by atoms with E-state index in [0.29, 0.717) is 12.2 Å². The van der Waals surface area contributed by atoms with Gasteiger partial charge in [-0.05, 0) is 32.0 Å². The molecule has 3 rings (SSSR count). The summed E-state index contributed by atoms with van der Waals surface area (Å²) in [6.07, 6.45) is 6.37. The van der Waals surface area contributed by atoms with E-state index < -0.39 is 0 Å². The zero-order chi connectivity index (χ0) is 14.0. The Morgan fingerprint density at radius 1 is 1.25 bits per heavy atom. The molecule has 1 aliphatic rings. The van der Waals surface area contributed by atoms with E-state index in [2.05, 4.69) is 5.32 Å². The van der Waals surface area contributed by atoms with Gasteiger partial charge in [-0.2, -0.15) is 0 Å². The van der Waals surface area contributed by atoms with Gasteiger partial charge in [0.1, 0.15) is 5.58 Å². The number of benzene rings is 1. The first kappa shape index (κ1) is 13.4. The van der Waals surface area contributed by atoms with Gasteiger partial charge in [0.05, 0.1) is 0 Å². The van der Waals surface area contributed by atoms with Gasteiger partial charge in [0, 0.05) is 17.3 Å². The molecule has 1 aromatic carbocycles. The van der Waals surface area contributed by atoms with Crippen molar-refractivity contribution in [1.29, 1.82) is 0 Å². The van der Waals surface area contributed by atoms with E-state index in [0.717, 1.165) is 23.8 Å². The Bertz CT molecular complexity index is 575. The number of para-hydroxylation sites is 1. The van der Waals surface area contributed by atoms with Gasteiger partial charge >= 0.3 is 0 Å². The molecule has 2 aromatic rings. The molecule has 106 valence electrons. The van der Waals surface area contributed by atoms with Gasteiger partial charge in [0.2, 0.25) is 0 Å².